The van der Waals surface area contributed by atoms with E-state index in [4.69, 9.17) is 0 Å². The van der Waals surface area contributed by atoms with Gasteiger partial charge in [-0.3, -0.25) is 0 Å². The van der Waals surface area contributed by atoms with Crippen molar-refractivity contribution < 1.29 is 0 Å². The lowest BCUT2D eigenvalue weighted by atomic mass is 9.81. The summed E-state index contributed by atoms with van der Waals surface area (Å²) in [5.74, 6) is 0. The van der Waals surface area contributed by atoms with E-state index in [1.165, 1.54) is 93.8 Å². The van der Waals surface area contributed by atoms with Crippen molar-refractivity contribution in [3.8, 4) is 44.8 Å². The monoisotopic (exact) mass is 765 g/mol. The van der Waals surface area contributed by atoms with Crippen LogP contribution in [0.15, 0.2) is 200 Å². The molecular weight excluding hydrogens is 727 g/mol. The summed E-state index contributed by atoms with van der Waals surface area (Å²) >= 11 is 0. The van der Waals surface area contributed by atoms with Crippen LogP contribution in [0.25, 0.3) is 88.4 Å². The summed E-state index contributed by atoms with van der Waals surface area (Å²) in [6, 6.07) is 74.1. The van der Waals surface area contributed by atoms with Crippen LogP contribution in [0.2, 0.25) is 0 Å². The van der Waals surface area contributed by atoms with E-state index in [0.29, 0.717) is 0 Å². The standard InChI is InChI=1S/C57H39N3/c1-57(2)48-25-14-24-45-47-35-41(29-32-53(47)60-52-28-11-8-23-44(52)46-30-31-49(57)55(54(45)48)56(46)60)58(38-18-12-17-37(33-38)36-15-4-3-5-16-36)39-19-13-20-40(34-39)59-50-26-9-6-21-42(50)43-22-7-10-27-51(43)59/h3-35H,1-2H3. The van der Waals surface area contributed by atoms with Gasteiger partial charge in [-0.05, 0) is 100 Å². The normalized spacial score (nSPS) is 13.3. The molecule has 3 heteroatoms. The quantitative estimate of drug-likeness (QED) is 0.170. The molecule has 0 N–H and O–H groups in total. The lowest BCUT2D eigenvalue weighted by molar-refractivity contribution is 0.661. The molecular formula is C57H39N3. The third kappa shape index (κ3) is 4.49. The predicted octanol–water partition coefficient (Wildman–Crippen LogP) is 15.3. The zero-order valence-electron chi connectivity index (χ0n) is 33.4. The average Bonchev–Trinajstić information content (AvgIpc) is 3.87. The Morgan fingerprint density at radius 2 is 0.967 bits per heavy atom. The molecule has 1 aliphatic carbocycles. The van der Waals surface area contributed by atoms with Crippen molar-refractivity contribution >= 4 is 60.7 Å². The van der Waals surface area contributed by atoms with Gasteiger partial charge >= 0.3 is 0 Å². The van der Waals surface area contributed by atoms with Gasteiger partial charge in [-0.1, -0.05) is 147 Å². The lowest BCUT2D eigenvalue weighted by Gasteiger charge is -2.28. The average molecular weight is 766 g/mol. The largest absolute Gasteiger partial charge is 0.310 e. The second-order valence-corrected chi connectivity index (χ2v) is 16.9. The molecule has 0 saturated heterocycles. The van der Waals surface area contributed by atoms with Crippen molar-refractivity contribution in [2.24, 2.45) is 0 Å². The molecule has 0 bridgehead atoms. The Hall–Kier alpha value is -7.62. The maximum absolute atomic E-state index is 2.55. The van der Waals surface area contributed by atoms with Crippen LogP contribution in [-0.2, 0) is 5.41 Å². The van der Waals surface area contributed by atoms with Gasteiger partial charge in [-0.15, -0.1) is 0 Å². The summed E-state index contributed by atoms with van der Waals surface area (Å²) < 4.78 is 4.97. The molecule has 0 fully saturated rings. The minimum absolute atomic E-state index is 0.123. The maximum atomic E-state index is 2.55. The number of benzene rings is 9. The molecule has 9 aromatic carbocycles. The van der Waals surface area contributed by atoms with Gasteiger partial charge in [0.2, 0.25) is 0 Å². The zero-order chi connectivity index (χ0) is 39.7. The first kappa shape index (κ1) is 33.4. The van der Waals surface area contributed by atoms with Gasteiger partial charge in [0.25, 0.3) is 0 Å². The van der Waals surface area contributed by atoms with Gasteiger partial charge in [0.15, 0.2) is 0 Å². The molecule has 0 radical (unpaired) electrons. The Kier molecular flexibility index (Phi) is 6.78. The van der Waals surface area contributed by atoms with E-state index in [9.17, 15) is 0 Å². The molecule has 0 atom stereocenters. The topological polar surface area (TPSA) is 13.1 Å². The van der Waals surface area contributed by atoms with Crippen molar-refractivity contribution in [3.05, 3.63) is 211 Å². The summed E-state index contributed by atoms with van der Waals surface area (Å²) in [6.45, 7) is 4.79. The molecule has 0 unspecified atom stereocenters. The third-order valence-electron chi connectivity index (χ3n) is 13.4. The molecule has 282 valence electrons. The second kappa shape index (κ2) is 12.2. The number of fused-ring (bicyclic) bond motifs is 9. The lowest BCUT2D eigenvalue weighted by Crippen LogP contribution is -2.15. The summed E-state index contributed by atoms with van der Waals surface area (Å²) in [5, 5.41) is 5.11. The van der Waals surface area contributed by atoms with Gasteiger partial charge in [-0.2, -0.15) is 0 Å². The zero-order valence-corrected chi connectivity index (χ0v) is 33.4. The number of aromatic nitrogens is 2. The fourth-order valence-electron chi connectivity index (χ4n) is 10.7. The van der Waals surface area contributed by atoms with Crippen molar-refractivity contribution in [1.29, 1.82) is 0 Å². The van der Waals surface area contributed by atoms with Gasteiger partial charge in [0, 0.05) is 60.8 Å². The fourth-order valence-corrected chi connectivity index (χ4v) is 10.7. The summed E-state index contributed by atoms with van der Waals surface area (Å²) in [4.78, 5) is 2.45. The van der Waals surface area contributed by atoms with E-state index in [1.54, 1.807) is 0 Å². The van der Waals surface area contributed by atoms with E-state index >= 15 is 0 Å². The first-order chi connectivity index (χ1) is 29.5. The highest BCUT2D eigenvalue weighted by Gasteiger charge is 2.41. The second-order valence-electron chi connectivity index (χ2n) is 16.9. The summed E-state index contributed by atoms with van der Waals surface area (Å²) in [7, 11) is 0. The van der Waals surface area contributed by atoms with E-state index < -0.39 is 0 Å². The summed E-state index contributed by atoms with van der Waals surface area (Å²) in [6.07, 6.45) is 0. The highest BCUT2D eigenvalue weighted by molar-refractivity contribution is 6.19. The molecule has 3 heterocycles. The Bertz CT molecular complexity index is 3530. The highest BCUT2D eigenvalue weighted by Crippen LogP contribution is 2.58. The van der Waals surface area contributed by atoms with E-state index in [0.717, 1.165) is 22.7 Å². The minimum Gasteiger partial charge on any atom is -0.310 e. The number of anilines is 3. The van der Waals surface area contributed by atoms with Crippen LogP contribution in [0.4, 0.5) is 17.1 Å². The van der Waals surface area contributed by atoms with Crippen LogP contribution < -0.4 is 4.90 Å². The molecule has 2 aromatic heterocycles. The molecule has 13 rings (SSSR count). The van der Waals surface area contributed by atoms with Crippen LogP contribution in [-0.4, -0.2) is 9.13 Å². The molecule has 3 nitrogen and oxygen atoms in total. The van der Waals surface area contributed by atoms with Crippen LogP contribution >= 0.6 is 0 Å². The fraction of sp³-hybridized carbons (Fsp3) is 0.0526. The van der Waals surface area contributed by atoms with Crippen molar-refractivity contribution in [1.82, 2.24) is 9.13 Å². The van der Waals surface area contributed by atoms with Crippen molar-refractivity contribution in [2.75, 3.05) is 4.90 Å². The SMILES string of the molecule is CC1(C)c2cccc3c2-c2c1ccc1c4ccccc4n(c21)-c1ccc(N(c2cccc(-c4ccccc4)c2)c2cccc(-n4c5ccccc5c5ccccc54)c2)cc1-3. The van der Waals surface area contributed by atoms with E-state index in [2.05, 4.69) is 228 Å². The molecule has 60 heavy (non-hydrogen) atoms. The Morgan fingerprint density at radius 3 is 1.72 bits per heavy atom. The highest BCUT2D eigenvalue weighted by atomic mass is 15.1. The van der Waals surface area contributed by atoms with Crippen molar-refractivity contribution in [2.45, 2.75) is 19.3 Å². The number of hydrogen-bond donors (Lipinski definition) is 0. The smallest absolute Gasteiger partial charge is 0.0623 e. The molecule has 0 spiro atoms. The Balaban J connectivity index is 1.09. The molecule has 2 aliphatic rings. The molecule has 1 aliphatic heterocycles. The number of nitrogens with zero attached hydrogens (tertiary/aromatic N) is 3. The molecule has 0 saturated carbocycles. The van der Waals surface area contributed by atoms with Crippen LogP contribution in [0.3, 0.4) is 0 Å². The van der Waals surface area contributed by atoms with Crippen LogP contribution in [0.1, 0.15) is 25.0 Å². The van der Waals surface area contributed by atoms with Gasteiger partial charge in [0.05, 0.1) is 27.8 Å². The Labute approximate surface area is 348 Å². The minimum atomic E-state index is -0.123. The number of rotatable bonds is 5. The van der Waals surface area contributed by atoms with E-state index in [-0.39, 0.29) is 5.41 Å². The van der Waals surface area contributed by atoms with Crippen molar-refractivity contribution in [3.63, 3.8) is 0 Å². The van der Waals surface area contributed by atoms with Gasteiger partial charge < -0.3 is 14.0 Å². The molecule has 11 aromatic rings. The van der Waals surface area contributed by atoms with Crippen LogP contribution in [0.5, 0.6) is 0 Å². The Morgan fingerprint density at radius 1 is 0.383 bits per heavy atom. The number of para-hydroxylation sites is 3. The molecule has 0 amide bonds. The summed E-state index contributed by atoms with van der Waals surface area (Å²) in [5.41, 5.74) is 20.9. The van der Waals surface area contributed by atoms with Gasteiger partial charge in [-0.25, -0.2) is 0 Å². The maximum Gasteiger partial charge on any atom is 0.0623 e. The third-order valence-corrected chi connectivity index (χ3v) is 13.4. The first-order valence-electron chi connectivity index (χ1n) is 20.9. The van der Waals surface area contributed by atoms with E-state index in [1.807, 2.05) is 0 Å². The van der Waals surface area contributed by atoms with Gasteiger partial charge in [0.1, 0.15) is 0 Å². The van der Waals surface area contributed by atoms with Crippen LogP contribution in [0, 0.1) is 0 Å². The number of hydrogen-bond acceptors (Lipinski definition) is 1. The first-order valence-corrected chi connectivity index (χ1v) is 20.9. The predicted molar refractivity (Wildman–Crippen MR) is 252 cm³/mol.